The van der Waals surface area contributed by atoms with Crippen LogP contribution >= 0.6 is 0 Å². The van der Waals surface area contributed by atoms with Crippen LogP contribution in [0.15, 0.2) is 30.6 Å². The number of anilines is 1. The van der Waals surface area contributed by atoms with Crippen molar-refractivity contribution in [1.29, 1.82) is 0 Å². The molecule has 0 amide bonds. The lowest BCUT2D eigenvalue weighted by Crippen LogP contribution is -2.38. The van der Waals surface area contributed by atoms with Gasteiger partial charge in [0.2, 0.25) is 0 Å². The number of carbonyl (C=O) groups is 1. The Labute approximate surface area is 110 Å². The SMILES string of the molecule is Cn1cnnc1CN1c2ccccc2CC1C(=O)O. The van der Waals surface area contributed by atoms with Gasteiger partial charge in [0.25, 0.3) is 0 Å². The molecule has 2 heterocycles. The molecule has 3 rings (SSSR count). The van der Waals surface area contributed by atoms with Crippen LogP contribution in [0.5, 0.6) is 0 Å². The van der Waals surface area contributed by atoms with E-state index in [0.29, 0.717) is 13.0 Å². The first-order chi connectivity index (χ1) is 9.16. The first kappa shape index (κ1) is 11.7. The molecule has 0 radical (unpaired) electrons. The third-order valence-electron chi connectivity index (χ3n) is 3.49. The van der Waals surface area contributed by atoms with Gasteiger partial charge in [0, 0.05) is 19.2 Å². The zero-order valence-corrected chi connectivity index (χ0v) is 10.5. The molecule has 0 saturated carbocycles. The van der Waals surface area contributed by atoms with Gasteiger partial charge in [0.15, 0.2) is 5.82 Å². The minimum atomic E-state index is -0.807. The summed E-state index contributed by atoms with van der Waals surface area (Å²) in [5, 5.41) is 17.2. The van der Waals surface area contributed by atoms with E-state index in [1.165, 1.54) is 0 Å². The van der Waals surface area contributed by atoms with E-state index in [4.69, 9.17) is 0 Å². The summed E-state index contributed by atoms with van der Waals surface area (Å²) in [5.41, 5.74) is 2.04. The molecule has 1 atom stereocenters. The van der Waals surface area contributed by atoms with Crippen molar-refractivity contribution in [2.45, 2.75) is 19.0 Å². The molecule has 1 N–H and O–H groups in total. The molecule has 1 aliphatic heterocycles. The number of nitrogens with zero attached hydrogens (tertiary/aromatic N) is 4. The number of aryl methyl sites for hydroxylation is 1. The van der Waals surface area contributed by atoms with Crippen molar-refractivity contribution in [3.8, 4) is 0 Å². The molecule has 1 aliphatic rings. The van der Waals surface area contributed by atoms with Crippen LogP contribution in [0.2, 0.25) is 0 Å². The van der Waals surface area contributed by atoms with E-state index in [-0.39, 0.29) is 0 Å². The summed E-state index contributed by atoms with van der Waals surface area (Å²) in [5.74, 6) is -0.0543. The van der Waals surface area contributed by atoms with Gasteiger partial charge in [-0.25, -0.2) is 4.79 Å². The highest BCUT2D eigenvalue weighted by molar-refractivity contribution is 5.82. The topological polar surface area (TPSA) is 71.2 Å². The predicted octanol–water partition coefficient (Wildman–Crippen LogP) is 0.831. The average molecular weight is 258 g/mol. The van der Waals surface area contributed by atoms with Gasteiger partial charge in [-0.05, 0) is 11.6 Å². The minimum Gasteiger partial charge on any atom is -0.480 e. The lowest BCUT2D eigenvalue weighted by molar-refractivity contribution is -0.138. The molecule has 1 unspecified atom stereocenters. The van der Waals surface area contributed by atoms with Crippen molar-refractivity contribution in [3.05, 3.63) is 42.0 Å². The summed E-state index contributed by atoms with van der Waals surface area (Å²) in [6, 6.07) is 7.25. The smallest absolute Gasteiger partial charge is 0.326 e. The number of hydrogen-bond acceptors (Lipinski definition) is 4. The normalized spacial score (nSPS) is 17.5. The van der Waals surface area contributed by atoms with E-state index in [1.807, 2.05) is 36.2 Å². The summed E-state index contributed by atoms with van der Waals surface area (Å²) < 4.78 is 1.81. The molecule has 6 heteroatoms. The van der Waals surface area contributed by atoms with Crippen LogP contribution in [0, 0.1) is 0 Å². The van der Waals surface area contributed by atoms with Crippen molar-refractivity contribution in [3.63, 3.8) is 0 Å². The maximum Gasteiger partial charge on any atom is 0.326 e. The number of carboxylic acids is 1. The summed E-state index contributed by atoms with van der Waals surface area (Å²) in [4.78, 5) is 13.3. The van der Waals surface area contributed by atoms with E-state index < -0.39 is 12.0 Å². The van der Waals surface area contributed by atoms with Gasteiger partial charge in [-0.15, -0.1) is 10.2 Å². The number of fused-ring (bicyclic) bond motifs is 1. The molecule has 19 heavy (non-hydrogen) atoms. The van der Waals surface area contributed by atoms with Crippen LogP contribution in [-0.4, -0.2) is 31.9 Å². The second-order valence-corrected chi connectivity index (χ2v) is 4.67. The van der Waals surface area contributed by atoms with Gasteiger partial charge >= 0.3 is 5.97 Å². The maximum atomic E-state index is 11.4. The Hall–Kier alpha value is -2.37. The first-order valence-corrected chi connectivity index (χ1v) is 6.07. The monoisotopic (exact) mass is 258 g/mol. The van der Waals surface area contributed by atoms with Crippen LogP contribution in [0.4, 0.5) is 5.69 Å². The number of aromatic nitrogens is 3. The Morgan fingerprint density at radius 3 is 2.95 bits per heavy atom. The minimum absolute atomic E-state index is 0.449. The first-order valence-electron chi connectivity index (χ1n) is 6.07. The van der Waals surface area contributed by atoms with Crippen LogP contribution < -0.4 is 4.90 Å². The highest BCUT2D eigenvalue weighted by atomic mass is 16.4. The molecule has 2 aromatic rings. The summed E-state index contributed by atoms with van der Waals surface area (Å²) in [7, 11) is 1.85. The van der Waals surface area contributed by atoms with Gasteiger partial charge in [-0.3, -0.25) is 0 Å². The Morgan fingerprint density at radius 2 is 2.26 bits per heavy atom. The molecule has 1 aromatic heterocycles. The van der Waals surface area contributed by atoms with Gasteiger partial charge in [0.1, 0.15) is 12.4 Å². The fourth-order valence-corrected chi connectivity index (χ4v) is 2.47. The number of para-hydroxylation sites is 1. The standard InChI is InChI=1S/C13H14N4O2/c1-16-8-14-15-12(16)7-17-10-5-3-2-4-9(10)6-11(17)13(18)19/h2-5,8,11H,6-7H2,1H3,(H,18,19). The van der Waals surface area contributed by atoms with Crippen molar-refractivity contribution in [2.24, 2.45) is 7.05 Å². The van der Waals surface area contributed by atoms with E-state index in [0.717, 1.165) is 17.1 Å². The zero-order valence-electron chi connectivity index (χ0n) is 10.5. The van der Waals surface area contributed by atoms with Crippen LogP contribution in [0.25, 0.3) is 0 Å². The van der Waals surface area contributed by atoms with E-state index >= 15 is 0 Å². The molecule has 0 fully saturated rings. The number of carboxylic acid groups (broad SMARTS) is 1. The number of aliphatic carboxylic acids is 1. The highest BCUT2D eigenvalue weighted by Gasteiger charge is 2.34. The fraction of sp³-hybridized carbons (Fsp3) is 0.308. The molecular weight excluding hydrogens is 244 g/mol. The summed E-state index contributed by atoms with van der Waals surface area (Å²) in [6.45, 7) is 0.449. The molecule has 0 saturated heterocycles. The molecular formula is C13H14N4O2. The lowest BCUT2D eigenvalue weighted by Gasteiger charge is -2.23. The fourth-order valence-electron chi connectivity index (χ4n) is 2.47. The Bertz CT molecular complexity index is 623. The van der Waals surface area contributed by atoms with E-state index in [9.17, 15) is 9.90 Å². The number of benzene rings is 1. The predicted molar refractivity (Wildman–Crippen MR) is 68.8 cm³/mol. The van der Waals surface area contributed by atoms with Crippen molar-refractivity contribution < 1.29 is 9.90 Å². The van der Waals surface area contributed by atoms with Crippen molar-refractivity contribution in [1.82, 2.24) is 14.8 Å². The van der Waals surface area contributed by atoms with E-state index in [1.54, 1.807) is 10.9 Å². The van der Waals surface area contributed by atoms with Gasteiger partial charge in [-0.2, -0.15) is 0 Å². The van der Waals surface area contributed by atoms with Crippen LogP contribution in [-0.2, 0) is 24.8 Å². The second-order valence-electron chi connectivity index (χ2n) is 4.67. The average Bonchev–Trinajstić information content (AvgIpc) is 2.95. The largest absolute Gasteiger partial charge is 0.480 e. The lowest BCUT2D eigenvalue weighted by atomic mass is 10.1. The molecule has 6 nitrogen and oxygen atoms in total. The Kier molecular flexibility index (Phi) is 2.70. The quantitative estimate of drug-likeness (QED) is 0.883. The van der Waals surface area contributed by atoms with Gasteiger partial charge in [0.05, 0.1) is 6.54 Å². The summed E-state index contributed by atoms with van der Waals surface area (Å²) in [6.07, 6.45) is 2.15. The zero-order chi connectivity index (χ0) is 13.4. The Balaban J connectivity index is 1.96. The molecule has 0 bridgehead atoms. The third-order valence-corrected chi connectivity index (χ3v) is 3.49. The molecule has 1 aromatic carbocycles. The molecule has 0 aliphatic carbocycles. The van der Waals surface area contributed by atoms with Crippen molar-refractivity contribution in [2.75, 3.05) is 4.90 Å². The van der Waals surface area contributed by atoms with Gasteiger partial charge in [-0.1, -0.05) is 18.2 Å². The maximum absolute atomic E-state index is 11.4. The van der Waals surface area contributed by atoms with Crippen LogP contribution in [0.3, 0.4) is 0 Å². The highest BCUT2D eigenvalue weighted by Crippen LogP contribution is 2.33. The summed E-state index contributed by atoms with van der Waals surface area (Å²) >= 11 is 0. The van der Waals surface area contributed by atoms with E-state index in [2.05, 4.69) is 10.2 Å². The van der Waals surface area contributed by atoms with Crippen molar-refractivity contribution >= 4 is 11.7 Å². The van der Waals surface area contributed by atoms with Gasteiger partial charge < -0.3 is 14.6 Å². The van der Waals surface area contributed by atoms with Crippen LogP contribution in [0.1, 0.15) is 11.4 Å². The molecule has 98 valence electrons. The third kappa shape index (κ3) is 1.95. The number of hydrogen-bond donors (Lipinski definition) is 1. The number of rotatable bonds is 3. The second kappa shape index (κ2) is 4.38. The Morgan fingerprint density at radius 1 is 1.47 bits per heavy atom. The molecule has 0 spiro atoms.